The van der Waals surface area contributed by atoms with Gasteiger partial charge in [-0.25, -0.2) is 0 Å². The van der Waals surface area contributed by atoms with Gasteiger partial charge in [-0.1, -0.05) is 13.8 Å². The Bertz CT molecular complexity index is 185. The number of nitrogens with one attached hydrogen (secondary N) is 1. The first-order valence-corrected chi connectivity index (χ1v) is 4.52. The first-order chi connectivity index (χ1) is 5.44. The number of hydrogen-bond acceptors (Lipinski definition) is 2. The Morgan fingerprint density at radius 1 is 1.50 bits per heavy atom. The molecule has 1 aliphatic carbocycles. The summed E-state index contributed by atoms with van der Waals surface area (Å²) in [5.41, 5.74) is 5.74. The molecule has 3 nitrogen and oxygen atoms in total. The Morgan fingerprint density at radius 2 is 2.00 bits per heavy atom. The van der Waals surface area contributed by atoms with Crippen LogP contribution in [0.5, 0.6) is 0 Å². The van der Waals surface area contributed by atoms with Crippen LogP contribution in [-0.2, 0) is 4.79 Å². The number of carbonyl (C=O) groups is 1. The van der Waals surface area contributed by atoms with Crippen molar-refractivity contribution in [1.82, 2.24) is 5.32 Å². The van der Waals surface area contributed by atoms with Crippen LogP contribution in [0.1, 0.15) is 33.6 Å². The van der Waals surface area contributed by atoms with Gasteiger partial charge in [-0.2, -0.15) is 0 Å². The minimum atomic E-state index is -0.359. The summed E-state index contributed by atoms with van der Waals surface area (Å²) in [6.07, 6.45) is 2.17. The van der Waals surface area contributed by atoms with Crippen LogP contribution in [0.4, 0.5) is 0 Å². The van der Waals surface area contributed by atoms with Crippen molar-refractivity contribution in [2.24, 2.45) is 11.7 Å². The van der Waals surface area contributed by atoms with Crippen LogP contribution in [-0.4, -0.2) is 17.5 Å². The molecule has 1 saturated carbocycles. The summed E-state index contributed by atoms with van der Waals surface area (Å²) in [7, 11) is 0. The predicted molar refractivity (Wildman–Crippen MR) is 48.6 cm³/mol. The van der Waals surface area contributed by atoms with E-state index in [9.17, 15) is 4.79 Å². The maximum absolute atomic E-state index is 11.4. The average molecular weight is 170 g/mol. The van der Waals surface area contributed by atoms with Crippen molar-refractivity contribution in [3.05, 3.63) is 0 Å². The molecule has 0 bridgehead atoms. The van der Waals surface area contributed by atoms with Crippen LogP contribution in [0, 0.1) is 5.92 Å². The van der Waals surface area contributed by atoms with Crippen LogP contribution < -0.4 is 11.1 Å². The maximum atomic E-state index is 11.4. The van der Waals surface area contributed by atoms with Crippen molar-refractivity contribution in [3.63, 3.8) is 0 Å². The molecule has 3 N–H and O–H groups in total. The van der Waals surface area contributed by atoms with Gasteiger partial charge in [-0.3, -0.25) is 4.79 Å². The van der Waals surface area contributed by atoms with Crippen molar-refractivity contribution >= 4 is 5.91 Å². The lowest BCUT2D eigenvalue weighted by molar-refractivity contribution is -0.124. The zero-order valence-electron chi connectivity index (χ0n) is 8.05. The quantitative estimate of drug-likeness (QED) is 0.653. The second-order valence-electron chi connectivity index (χ2n) is 4.32. The fourth-order valence-electron chi connectivity index (χ4n) is 0.996. The second-order valence-corrected chi connectivity index (χ2v) is 4.32. The first kappa shape index (κ1) is 9.52. The molecule has 1 amide bonds. The van der Waals surface area contributed by atoms with E-state index < -0.39 is 0 Å². The topological polar surface area (TPSA) is 55.1 Å². The highest BCUT2D eigenvalue weighted by Gasteiger charge is 2.39. The first-order valence-electron chi connectivity index (χ1n) is 4.52. The minimum Gasteiger partial charge on any atom is -0.350 e. The summed E-state index contributed by atoms with van der Waals surface area (Å²) in [6.45, 7) is 5.97. The number of nitrogens with two attached hydrogens (primary N) is 1. The smallest absolute Gasteiger partial charge is 0.237 e. The summed E-state index contributed by atoms with van der Waals surface area (Å²) in [4.78, 5) is 11.4. The van der Waals surface area contributed by atoms with Crippen molar-refractivity contribution < 1.29 is 4.79 Å². The van der Waals surface area contributed by atoms with Gasteiger partial charge in [-0.15, -0.1) is 0 Å². The summed E-state index contributed by atoms with van der Waals surface area (Å²) in [5, 5.41) is 2.95. The molecule has 0 heterocycles. The minimum absolute atomic E-state index is 0.00926. The number of hydrogen-bond donors (Lipinski definition) is 2. The maximum Gasteiger partial charge on any atom is 0.237 e. The Morgan fingerprint density at radius 3 is 2.33 bits per heavy atom. The van der Waals surface area contributed by atoms with Gasteiger partial charge in [0.1, 0.15) is 0 Å². The zero-order valence-corrected chi connectivity index (χ0v) is 8.05. The van der Waals surface area contributed by atoms with Crippen LogP contribution in [0.2, 0.25) is 0 Å². The Labute approximate surface area is 73.7 Å². The van der Waals surface area contributed by atoms with Gasteiger partial charge in [0.2, 0.25) is 5.91 Å². The molecule has 1 rings (SSSR count). The van der Waals surface area contributed by atoms with Gasteiger partial charge in [0.15, 0.2) is 0 Å². The summed E-state index contributed by atoms with van der Waals surface area (Å²) in [6, 6.07) is -0.359. The molecule has 0 aromatic carbocycles. The molecule has 0 aliphatic heterocycles. The van der Waals surface area contributed by atoms with Crippen molar-refractivity contribution in [2.45, 2.75) is 45.2 Å². The monoisotopic (exact) mass is 170 g/mol. The third kappa shape index (κ3) is 2.21. The van der Waals surface area contributed by atoms with E-state index in [4.69, 9.17) is 5.73 Å². The van der Waals surface area contributed by atoms with Crippen LogP contribution in [0.25, 0.3) is 0 Å². The van der Waals surface area contributed by atoms with Gasteiger partial charge in [0, 0.05) is 5.54 Å². The highest BCUT2D eigenvalue weighted by atomic mass is 16.2. The molecule has 0 saturated heterocycles. The molecule has 12 heavy (non-hydrogen) atoms. The van der Waals surface area contributed by atoms with Crippen LogP contribution in [0.15, 0.2) is 0 Å². The van der Waals surface area contributed by atoms with E-state index in [1.807, 2.05) is 13.8 Å². The normalized spacial score (nSPS) is 22.1. The molecular formula is C9H18N2O. The summed E-state index contributed by atoms with van der Waals surface area (Å²) < 4.78 is 0. The van der Waals surface area contributed by atoms with Crippen LogP contribution in [0.3, 0.4) is 0 Å². The van der Waals surface area contributed by atoms with E-state index in [0.717, 1.165) is 12.8 Å². The Hall–Kier alpha value is -0.570. The van der Waals surface area contributed by atoms with Crippen molar-refractivity contribution in [3.8, 4) is 0 Å². The predicted octanol–water partition coefficient (Wildman–Crippen LogP) is 0.638. The fraction of sp³-hybridized carbons (Fsp3) is 0.889. The van der Waals surface area contributed by atoms with Crippen LogP contribution >= 0.6 is 0 Å². The molecule has 3 heteroatoms. The molecule has 0 unspecified atom stereocenters. The van der Waals surface area contributed by atoms with Crippen molar-refractivity contribution in [1.29, 1.82) is 0 Å². The highest BCUT2D eigenvalue weighted by Crippen LogP contribution is 2.34. The summed E-state index contributed by atoms with van der Waals surface area (Å²) >= 11 is 0. The van der Waals surface area contributed by atoms with E-state index in [1.165, 1.54) is 0 Å². The molecule has 0 spiro atoms. The molecule has 70 valence electrons. The average Bonchev–Trinajstić information content (AvgIpc) is 2.66. The zero-order chi connectivity index (χ0) is 9.35. The van der Waals surface area contributed by atoms with E-state index >= 15 is 0 Å². The largest absolute Gasteiger partial charge is 0.350 e. The number of amides is 1. The van der Waals surface area contributed by atoms with Gasteiger partial charge in [0.25, 0.3) is 0 Å². The molecule has 0 aromatic rings. The molecule has 0 aromatic heterocycles. The van der Waals surface area contributed by atoms with E-state index in [2.05, 4.69) is 12.2 Å². The molecule has 1 atom stereocenters. The SMILES string of the molecule is CC(C)[C@H](N)C(=O)NC1(C)CC1. The number of carbonyl (C=O) groups excluding carboxylic acids is 1. The lowest BCUT2D eigenvalue weighted by Gasteiger charge is -2.18. The third-order valence-electron chi connectivity index (χ3n) is 2.45. The second kappa shape index (κ2) is 3.05. The molecule has 0 radical (unpaired) electrons. The molecule has 1 aliphatic rings. The van der Waals surface area contributed by atoms with E-state index in [0.29, 0.717) is 0 Å². The van der Waals surface area contributed by atoms with Gasteiger partial charge in [-0.05, 0) is 25.7 Å². The fourth-order valence-corrected chi connectivity index (χ4v) is 0.996. The molecule has 1 fully saturated rings. The molecular weight excluding hydrogens is 152 g/mol. The van der Waals surface area contributed by atoms with E-state index in [1.54, 1.807) is 0 Å². The highest BCUT2D eigenvalue weighted by molar-refractivity contribution is 5.82. The lowest BCUT2D eigenvalue weighted by Crippen LogP contribution is -2.47. The lowest BCUT2D eigenvalue weighted by atomic mass is 10.0. The standard InChI is InChI=1S/C9H18N2O/c1-6(2)7(10)8(12)11-9(3)4-5-9/h6-7H,4-5,10H2,1-3H3,(H,11,12)/t7-/m0/s1. The Balaban J connectivity index is 2.37. The van der Waals surface area contributed by atoms with Gasteiger partial charge >= 0.3 is 0 Å². The third-order valence-corrected chi connectivity index (χ3v) is 2.45. The number of rotatable bonds is 3. The van der Waals surface area contributed by atoms with E-state index in [-0.39, 0.29) is 23.4 Å². The van der Waals surface area contributed by atoms with Gasteiger partial charge < -0.3 is 11.1 Å². The van der Waals surface area contributed by atoms with Crippen molar-refractivity contribution in [2.75, 3.05) is 0 Å². The Kier molecular flexibility index (Phi) is 2.42. The van der Waals surface area contributed by atoms with Gasteiger partial charge in [0.05, 0.1) is 6.04 Å². The summed E-state index contributed by atoms with van der Waals surface area (Å²) in [5.74, 6) is 0.206.